The van der Waals surface area contributed by atoms with Crippen LogP contribution < -0.4 is 5.32 Å². The van der Waals surface area contributed by atoms with Gasteiger partial charge in [0.15, 0.2) is 0 Å². The second-order valence-electron chi connectivity index (χ2n) is 7.42. The number of carbonyl (C=O) groups excluding carboxylic acids is 2. The zero-order valence-electron chi connectivity index (χ0n) is 14.8. The van der Waals surface area contributed by atoms with Gasteiger partial charge in [0.25, 0.3) is 0 Å². The first-order chi connectivity index (χ1) is 11.9. The molecule has 2 aliphatic rings. The van der Waals surface area contributed by atoms with Gasteiger partial charge in [-0.15, -0.1) is 0 Å². The fraction of sp³-hybridized carbons (Fsp3) is 0.579. The highest BCUT2D eigenvalue weighted by Gasteiger charge is 2.51. The first kappa shape index (κ1) is 17.9. The Hall–Kier alpha value is -1.92. The van der Waals surface area contributed by atoms with Crippen molar-refractivity contribution < 1.29 is 19.4 Å². The van der Waals surface area contributed by atoms with Crippen LogP contribution in [0.5, 0.6) is 0 Å². The predicted molar refractivity (Wildman–Crippen MR) is 92.9 cm³/mol. The minimum Gasteiger partial charge on any atom is -0.384 e. The van der Waals surface area contributed by atoms with Crippen LogP contribution in [-0.4, -0.2) is 60.8 Å². The highest BCUT2D eigenvalue weighted by molar-refractivity contribution is 5.83. The number of β-amino-alcohol motifs (C(OH)–C–C–N with tert-alkyl or cyclic N) is 1. The van der Waals surface area contributed by atoms with E-state index in [1.54, 1.807) is 12.0 Å². The summed E-state index contributed by atoms with van der Waals surface area (Å²) in [6.07, 6.45) is 1.16. The number of methoxy groups -OCH3 is 1. The zero-order valence-corrected chi connectivity index (χ0v) is 14.8. The number of likely N-dealkylation sites (tertiary alicyclic amines) is 1. The molecule has 6 nitrogen and oxygen atoms in total. The van der Waals surface area contributed by atoms with Crippen LogP contribution in [0.2, 0.25) is 0 Å². The average molecular weight is 346 g/mol. The number of aliphatic hydroxyl groups is 1. The van der Waals surface area contributed by atoms with Crippen LogP contribution in [0.15, 0.2) is 24.3 Å². The Morgan fingerprint density at radius 1 is 1.32 bits per heavy atom. The zero-order chi connectivity index (χ0) is 18.0. The second-order valence-corrected chi connectivity index (χ2v) is 7.42. The van der Waals surface area contributed by atoms with Crippen molar-refractivity contribution in [1.82, 2.24) is 10.2 Å². The van der Waals surface area contributed by atoms with E-state index in [2.05, 4.69) is 5.32 Å². The molecule has 2 amide bonds. The minimum atomic E-state index is -1.01. The van der Waals surface area contributed by atoms with Crippen molar-refractivity contribution in [2.75, 3.05) is 33.4 Å². The van der Waals surface area contributed by atoms with E-state index in [-0.39, 0.29) is 37.4 Å². The SMILES string of the molecule is COC[C@H]1C[C@@H]1C(=O)N1CC(O)(CNC(=O)Cc2ccc(C)cc2)C1. The molecule has 1 aliphatic heterocycles. The molecule has 1 aromatic rings. The largest absolute Gasteiger partial charge is 0.384 e. The van der Waals surface area contributed by atoms with Crippen LogP contribution in [0.25, 0.3) is 0 Å². The van der Waals surface area contributed by atoms with Crippen molar-refractivity contribution in [1.29, 1.82) is 0 Å². The van der Waals surface area contributed by atoms with Gasteiger partial charge < -0.3 is 20.1 Å². The highest BCUT2D eigenvalue weighted by Crippen LogP contribution is 2.41. The summed E-state index contributed by atoms with van der Waals surface area (Å²) in [5.41, 5.74) is 1.09. The third kappa shape index (κ3) is 4.38. The van der Waals surface area contributed by atoms with Gasteiger partial charge in [0.2, 0.25) is 11.8 Å². The molecule has 1 saturated heterocycles. The maximum Gasteiger partial charge on any atom is 0.226 e. The molecular formula is C19H26N2O4. The molecule has 136 valence electrons. The molecular weight excluding hydrogens is 320 g/mol. The van der Waals surface area contributed by atoms with Gasteiger partial charge in [-0.2, -0.15) is 0 Å². The van der Waals surface area contributed by atoms with Crippen molar-refractivity contribution in [3.63, 3.8) is 0 Å². The summed E-state index contributed by atoms with van der Waals surface area (Å²) in [5, 5.41) is 13.2. The summed E-state index contributed by atoms with van der Waals surface area (Å²) in [6, 6.07) is 7.81. The molecule has 0 bridgehead atoms. The fourth-order valence-electron chi connectivity index (χ4n) is 3.33. The van der Waals surface area contributed by atoms with Crippen molar-refractivity contribution in [2.45, 2.75) is 25.4 Å². The normalized spacial score (nSPS) is 23.7. The van der Waals surface area contributed by atoms with Crippen LogP contribution in [-0.2, 0) is 20.7 Å². The Morgan fingerprint density at radius 3 is 2.64 bits per heavy atom. The van der Waals surface area contributed by atoms with Gasteiger partial charge in [-0.25, -0.2) is 0 Å². The van der Waals surface area contributed by atoms with Crippen LogP contribution >= 0.6 is 0 Å². The third-order valence-electron chi connectivity index (χ3n) is 5.00. The summed E-state index contributed by atoms with van der Waals surface area (Å²) in [4.78, 5) is 25.9. The van der Waals surface area contributed by atoms with Gasteiger partial charge in [0.1, 0.15) is 5.60 Å². The summed E-state index contributed by atoms with van der Waals surface area (Å²) in [7, 11) is 1.64. The van der Waals surface area contributed by atoms with Crippen molar-refractivity contribution in [3.8, 4) is 0 Å². The van der Waals surface area contributed by atoms with E-state index >= 15 is 0 Å². The molecule has 0 unspecified atom stereocenters. The molecule has 6 heteroatoms. The van der Waals surface area contributed by atoms with Gasteiger partial charge in [0.05, 0.1) is 19.5 Å². The summed E-state index contributed by atoms with van der Waals surface area (Å²) >= 11 is 0. The Labute approximate surface area is 148 Å². The van der Waals surface area contributed by atoms with Crippen LogP contribution in [0.4, 0.5) is 0 Å². The molecule has 25 heavy (non-hydrogen) atoms. The third-order valence-corrected chi connectivity index (χ3v) is 5.00. The molecule has 2 fully saturated rings. The topological polar surface area (TPSA) is 78.9 Å². The Kier molecular flexibility index (Phi) is 5.11. The van der Waals surface area contributed by atoms with E-state index in [1.807, 2.05) is 31.2 Å². The van der Waals surface area contributed by atoms with E-state index in [9.17, 15) is 14.7 Å². The maximum atomic E-state index is 12.2. The minimum absolute atomic E-state index is 0.0422. The standard InChI is InChI=1S/C19H26N2O4/c1-13-3-5-14(6-4-13)7-17(22)20-10-19(24)11-21(12-19)18(23)16-8-15(16)9-25-2/h3-6,15-16,24H,7-12H2,1-2H3,(H,20,22)/t15-,16+/m1/s1. The van der Waals surface area contributed by atoms with E-state index in [4.69, 9.17) is 4.74 Å². The number of nitrogens with zero attached hydrogens (tertiary/aromatic N) is 1. The van der Waals surface area contributed by atoms with Crippen LogP contribution in [0.1, 0.15) is 17.5 Å². The molecule has 2 N–H and O–H groups in total. The average Bonchev–Trinajstić information content (AvgIpc) is 3.31. The van der Waals surface area contributed by atoms with Gasteiger partial charge >= 0.3 is 0 Å². The number of benzene rings is 1. The molecule has 1 aliphatic carbocycles. The van der Waals surface area contributed by atoms with E-state index in [0.717, 1.165) is 17.5 Å². The Bertz CT molecular complexity index is 637. The van der Waals surface area contributed by atoms with Gasteiger partial charge in [-0.3, -0.25) is 9.59 Å². The number of rotatable bonds is 7. The van der Waals surface area contributed by atoms with E-state index < -0.39 is 5.60 Å². The quantitative estimate of drug-likeness (QED) is 0.754. The molecule has 0 aromatic heterocycles. The van der Waals surface area contributed by atoms with Crippen LogP contribution in [0.3, 0.4) is 0 Å². The molecule has 2 atom stereocenters. The smallest absolute Gasteiger partial charge is 0.226 e. The van der Waals surface area contributed by atoms with E-state index in [0.29, 0.717) is 18.9 Å². The second kappa shape index (κ2) is 7.14. The Morgan fingerprint density at radius 2 is 2.00 bits per heavy atom. The number of carbonyl (C=O) groups is 2. The van der Waals surface area contributed by atoms with Crippen molar-refractivity contribution in [3.05, 3.63) is 35.4 Å². The molecule has 0 spiro atoms. The predicted octanol–water partition coefficient (Wildman–Crippen LogP) is 0.510. The lowest BCUT2D eigenvalue weighted by Crippen LogP contribution is -2.68. The molecule has 3 rings (SSSR count). The van der Waals surface area contributed by atoms with Gasteiger partial charge in [-0.1, -0.05) is 29.8 Å². The lowest BCUT2D eigenvalue weighted by molar-refractivity contribution is -0.157. The molecule has 1 saturated carbocycles. The summed E-state index contributed by atoms with van der Waals surface area (Å²) < 4.78 is 5.07. The highest BCUT2D eigenvalue weighted by atomic mass is 16.5. The van der Waals surface area contributed by atoms with Crippen LogP contribution in [0, 0.1) is 18.8 Å². The number of nitrogens with one attached hydrogen (secondary N) is 1. The van der Waals surface area contributed by atoms with Gasteiger partial charge in [-0.05, 0) is 24.8 Å². The molecule has 0 radical (unpaired) electrons. The van der Waals surface area contributed by atoms with Gasteiger partial charge in [0, 0.05) is 26.2 Å². The Balaban J connectivity index is 1.38. The van der Waals surface area contributed by atoms with E-state index in [1.165, 1.54) is 0 Å². The first-order valence-electron chi connectivity index (χ1n) is 8.72. The fourth-order valence-corrected chi connectivity index (χ4v) is 3.33. The van der Waals surface area contributed by atoms with Crippen molar-refractivity contribution in [2.24, 2.45) is 11.8 Å². The first-order valence-corrected chi connectivity index (χ1v) is 8.72. The lowest BCUT2D eigenvalue weighted by atomic mass is 9.93. The summed E-state index contributed by atoms with van der Waals surface area (Å²) in [5.74, 6) is 0.336. The molecule has 1 aromatic carbocycles. The number of aryl methyl sites for hydroxylation is 1. The number of hydrogen-bond donors (Lipinski definition) is 2. The molecule has 1 heterocycles. The monoisotopic (exact) mass is 346 g/mol. The lowest BCUT2D eigenvalue weighted by Gasteiger charge is -2.46. The van der Waals surface area contributed by atoms with Crippen molar-refractivity contribution >= 4 is 11.8 Å². The number of amides is 2. The maximum absolute atomic E-state index is 12.2. The number of hydrogen-bond acceptors (Lipinski definition) is 4. The number of ether oxygens (including phenoxy) is 1. The summed E-state index contributed by atoms with van der Waals surface area (Å²) in [6.45, 7) is 3.36.